The largest absolute Gasteiger partial charge is 0.328 e. The summed E-state index contributed by atoms with van der Waals surface area (Å²) in [5, 5.41) is 6.82. The average molecular weight is 411 g/mol. The highest BCUT2D eigenvalue weighted by atomic mass is 16.2. The fraction of sp³-hybridized carbons (Fsp3) is 0.0833. The summed E-state index contributed by atoms with van der Waals surface area (Å²) in [5.74, 6) is -2.39. The lowest BCUT2D eigenvalue weighted by Crippen LogP contribution is -2.71. The van der Waals surface area contributed by atoms with E-state index in [1.54, 1.807) is 42.5 Å². The molecule has 1 saturated heterocycles. The minimum atomic E-state index is -2.07. The van der Waals surface area contributed by atoms with E-state index in [0.717, 1.165) is 22.3 Å². The fourth-order valence-corrected chi connectivity index (χ4v) is 4.27. The molecule has 1 aliphatic carbocycles. The molecular weight excluding hydrogens is 394 g/mol. The summed E-state index contributed by atoms with van der Waals surface area (Å²) >= 11 is 0. The van der Waals surface area contributed by atoms with Crippen LogP contribution < -0.4 is 16.0 Å². The molecule has 1 fully saturated rings. The van der Waals surface area contributed by atoms with E-state index in [-0.39, 0.29) is 5.56 Å². The van der Waals surface area contributed by atoms with Crippen LogP contribution in [-0.4, -0.2) is 23.8 Å². The predicted molar refractivity (Wildman–Crippen MR) is 112 cm³/mol. The maximum Gasteiger partial charge on any atom is 0.328 e. The number of benzene rings is 3. The molecule has 31 heavy (non-hydrogen) atoms. The Bertz CT molecular complexity index is 1250. The first kappa shape index (κ1) is 18.7. The highest BCUT2D eigenvalue weighted by Crippen LogP contribution is 2.38. The molecule has 7 heteroatoms. The summed E-state index contributed by atoms with van der Waals surface area (Å²) in [7, 11) is 0. The van der Waals surface area contributed by atoms with E-state index in [1.165, 1.54) is 0 Å². The molecule has 0 unspecified atom stereocenters. The maximum absolute atomic E-state index is 13.4. The Morgan fingerprint density at radius 1 is 0.774 bits per heavy atom. The van der Waals surface area contributed by atoms with Gasteiger partial charge in [-0.2, -0.15) is 0 Å². The molecule has 0 saturated carbocycles. The van der Waals surface area contributed by atoms with Gasteiger partial charge in [-0.05, 0) is 40.3 Å². The molecule has 3 aromatic rings. The van der Waals surface area contributed by atoms with Crippen molar-refractivity contribution in [1.29, 1.82) is 0 Å². The minimum absolute atomic E-state index is 0.252. The number of hydrogen-bond donors (Lipinski definition) is 3. The number of carbonyl (C=O) groups excluding carboxylic acids is 4. The van der Waals surface area contributed by atoms with Crippen molar-refractivity contribution in [3.8, 4) is 11.1 Å². The highest BCUT2D eigenvalue weighted by Gasteiger charge is 2.53. The third kappa shape index (κ3) is 2.82. The van der Waals surface area contributed by atoms with Crippen molar-refractivity contribution in [2.75, 3.05) is 0 Å². The number of carbonyl (C=O) groups is 4. The van der Waals surface area contributed by atoms with Crippen LogP contribution in [0, 0.1) is 0 Å². The summed E-state index contributed by atoms with van der Waals surface area (Å²) in [6.45, 7) is 0. The van der Waals surface area contributed by atoms with Crippen molar-refractivity contribution >= 4 is 23.8 Å². The minimum Gasteiger partial charge on any atom is -0.326 e. The van der Waals surface area contributed by atoms with Crippen LogP contribution in [0.3, 0.4) is 0 Å². The zero-order valence-electron chi connectivity index (χ0n) is 16.3. The van der Waals surface area contributed by atoms with Crippen molar-refractivity contribution in [2.24, 2.45) is 0 Å². The molecule has 1 aliphatic heterocycles. The van der Waals surface area contributed by atoms with Gasteiger partial charge < -0.3 is 5.32 Å². The van der Waals surface area contributed by atoms with E-state index in [0.29, 0.717) is 12.0 Å². The molecular formula is C24H17N3O4. The third-order valence-corrected chi connectivity index (χ3v) is 5.74. The van der Waals surface area contributed by atoms with Gasteiger partial charge in [0.1, 0.15) is 0 Å². The van der Waals surface area contributed by atoms with Crippen LogP contribution in [0.4, 0.5) is 4.79 Å². The van der Waals surface area contributed by atoms with Crippen LogP contribution in [-0.2, 0) is 21.5 Å². The van der Waals surface area contributed by atoms with E-state index < -0.39 is 29.3 Å². The standard InChI is InChI=1S/C24H17N3O4/c28-20(18-12-6-11-17-16-10-5-4-7-14(16)13-19(17)18)27-24(15-8-2-1-3-9-15)21(29)25-23(31)26-22(24)30/h1-12H,13H2,(H,27,28)(H2,25,26,29,30,31). The van der Waals surface area contributed by atoms with Crippen LogP contribution in [0.15, 0.2) is 72.8 Å². The van der Waals surface area contributed by atoms with Crippen LogP contribution in [0.5, 0.6) is 0 Å². The monoisotopic (exact) mass is 411 g/mol. The molecule has 5 amide bonds. The molecule has 5 rings (SSSR count). The van der Waals surface area contributed by atoms with Gasteiger partial charge in [0.25, 0.3) is 17.7 Å². The third-order valence-electron chi connectivity index (χ3n) is 5.74. The van der Waals surface area contributed by atoms with E-state index in [2.05, 4.69) is 16.0 Å². The van der Waals surface area contributed by atoms with Gasteiger partial charge in [-0.1, -0.05) is 66.7 Å². The summed E-state index contributed by atoms with van der Waals surface area (Å²) in [4.78, 5) is 50.9. The summed E-state index contributed by atoms with van der Waals surface area (Å²) in [6, 6.07) is 20.5. The maximum atomic E-state index is 13.4. The van der Waals surface area contributed by atoms with Crippen molar-refractivity contribution in [2.45, 2.75) is 12.0 Å². The van der Waals surface area contributed by atoms with Crippen LogP contribution in [0.2, 0.25) is 0 Å². The highest BCUT2D eigenvalue weighted by molar-refractivity contribution is 6.24. The second-order valence-corrected chi connectivity index (χ2v) is 7.47. The molecule has 0 spiro atoms. The lowest BCUT2D eigenvalue weighted by molar-refractivity contribution is -0.139. The molecule has 3 N–H and O–H groups in total. The molecule has 7 nitrogen and oxygen atoms in total. The molecule has 3 aromatic carbocycles. The molecule has 0 bridgehead atoms. The van der Waals surface area contributed by atoms with Gasteiger partial charge in [0.05, 0.1) is 0 Å². The lowest BCUT2D eigenvalue weighted by Gasteiger charge is -2.35. The van der Waals surface area contributed by atoms with Gasteiger partial charge in [0.2, 0.25) is 5.54 Å². The Balaban J connectivity index is 1.58. The lowest BCUT2D eigenvalue weighted by atomic mass is 9.85. The summed E-state index contributed by atoms with van der Waals surface area (Å²) in [5.41, 5.74) is 2.50. The second-order valence-electron chi connectivity index (χ2n) is 7.47. The Morgan fingerprint density at radius 3 is 2.16 bits per heavy atom. The SMILES string of the molecule is O=C1NC(=O)C(NC(=O)c2cccc3c2Cc2ccccc2-3)(c2ccccc2)C(=O)N1. The van der Waals surface area contributed by atoms with Crippen molar-refractivity contribution in [1.82, 2.24) is 16.0 Å². The molecule has 152 valence electrons. The number of imide groups is 2. The van der Waals surface area contributed by atoms with E-state index in [4.69, 9.17) is 0 Å². The number of urea groups is 1. The summed E-state index contributed by atoms with van der Waals surface area (Å²) in [6.07, 6.45) is 0.574. The average Bonchev–Trinajstić information content (AvgIpc) is 3.15. The van der Waals surface area contributed by atoms with Gasteiger partial charge in [-0.15, -0.1) is 0 Å². The van der Waals surface area contributed by atoms with Crippen LogP contribution in [0.1, 0.15) is 27.0 Å². The Morgan fingerprint density at radius 2 is 1.42 bits per heavy atom. The molecule has 0 atom stereocenters. The first-order valence-corrected chi connectivity index (χ1v) is 9.76. The predicted octanol–water partition coefficient (Wildman–Crippen LogP) is 2.25. The topological polar surface area (TPSA) is 104 Å². The van der Waals surface area contributed by atoms with Gasteiger partial charge in [0, 0.05) is 5.56 Å². The number of nitrogens with one attached hydrogen (secondary N) is 3. The smallest absolute Gasteiger partial charge is 0.326 e. The van der Waals surface area contributed by atoms with Gasteiger partial charge in [0.15, 0.2) is 0 Å². The number of hydrogen-bond acceptors (Lipinski definition) is 4. The fourth-order valence-electron chi connectivity index (χ4n) is 4.27. The van der Waals surface area contributed by atoms with Gasteiger partial charge in [-0.3, -0.25) is 25.0 Å². The van der Waals surface area contributed by atoms with E-state index in [9.17, 15) is 19.2 Å². The Hall–Kier alpha value is -4.26. The van der Waals surface area contributed by atoms with Crippen molar-refractivity contribution in [3.05, 3.63) is 95.1 Å². The number of amides is 5. The molecule has 0 radical (unpaired) electrons. The van der Waals surface area contributed by atoms with Gasteiger partial charge in [-0.25, -0.2) is 4.79 Å². The van der Waals surface area contributed by atoms with Crippen LogP contribution in [0.25, 0.3) is 11.1 Å². The summed E-state index contributed by atoms with van der Waals surface area (Å²) < 4.78 is 0. The van der Waals surface area contributed by atoms with Crippen LogP contribution >= 0.6 is 0 Å². The van der Waals surface area contributed by atoms with E-state index >= 15 is 0 Å². The molecule has 2 aliphatic rings. The normalized spacial score (nSPS) is 16.1. The Kier molecular flexibility index (Phi) is 4.18. The van der Waals surface area contributed by atoms with Gasteiger partial charge >= 0.3 is 6.03 Å². The first-order valence-electron chi connectivity index (χ1n) is 9.76. The quantitative estimate of drug-likeness (QED) is 0.450. The van der Waals surface area contributed by atoms with Crippen molar-refractivity contribution in [3.63, 3.8) is 0 Å². The zero-order valence-corrected chi connectivity index (χ0v) is 16.3. The molecule has 1 heterocycles. The van der Waals surface area contributed by atoms with Crippen molar-refractivity contribution < 1.29 is 19.2 Å². The second kappa shape index (κ2) is 6.91. The first-order chi connectivity index (χ1) is 15.0. The number of rotatable bonds is 3. The Labute approximate surface area is 177 Å². The zero-order chi connectivity index (χ0) is 21.6. The number of fused-ring (bicyclic) bond motifs is 3. The van der Waals surface area contributed by atoms with E-state index in [1.807, 2.05) is 30.3 Å². The molecule has 0 aromatic heterocycles. The number of barbiturate groups is 1.